The molecular formula is C16H31BN4O7. The van der Waals surface area contributed by atoms with Gasteiger partial charge in [0.05, 0.1) is 18.6 Å². The van der Waals surface area contributed by atoms with E-state index in [2.05, 4.69) is 21.3 Å². The fraction of sp³-hybridized carbons (Fsp3) is 0.750. The SMILES string of the molecule is CC[C@H](C)[C@H](NC(C)=O)C(=O)N[C@H](C(=O)NCC(=O)N[C@@H](C)B(O)O)[C@@H](C)O. The van der Waals surface area contributed by atoms with E-state index in [1.54, 1.807) is 6.92 Å². The van der Waals surface area contributed by atoms with Crippen molar-refractivity contribution in [1.29, 1.82) is 0 Å². The van der Waals surface area contributed by atoms with E-state index in [1.807, 2.05) is 6.92 Å². The van der Waals surface area contributed by atoms with E-state index < -0.39 is 61.4 Å². The van der Waals surface area contributed by atoms with Crippen molar-refractivity contribution in [1.82, 2.24) is 21.3 Å². The van der Waals surface area contributed by atoms with Gasteiger partial charge in [-0.2, -0.15) is 0 Å². The van der Waals surface area contributed by atoms with Crippen LogP contribution in [0.15, 0.2) is 0 Å². The van der Waals surface area contributed by atoms with E-state index >= 15 is 0 Å². The second-order valence-electron chi connectivity index (χ2n) is 6.78. The average Bonchev–Trinajstić information content (AvgIpc) is 2.60. The maximum Gasteiger partial charge on any atom is 0.475 e. The number of nitrogens with one attached hydrogen (secondary N) is 4. The Balaban J connectivity index is 4.95. The number of aliphatic hydroxyl groups is 1. The molecule has 5 atom stereocenters. The van der Waals surface area contributed by atoms with Crippen molar-refractivity contribution in [3.05, 3.63) is 0 Å². The smallest absolute Gasteiger partial charge is 0.426 e. The number of carbonyl (C=O) groups excluding carboxylic acids is 4. The third-order valence-corrected chi connectivity index (χ3v) is 4.18. The van der Waals surface area contributed by atoms with Crippen molar-refractivity contribution in [2.24, 2.45) is 5.92 Å². The van der Waals surface area contributed by atoms with Crippen LogP contribution in [0.25, 0.3) is 0 Å². The van der Waals surface area contributed by atoms with Crippen molar-refractivity contribution < 1.29 is 34.3 Å². The number of carbonyl (C=O) groups is 4. The van der Waals surface area contributed by atoms with Crippen LogP contribution in [0.1, 0.15) is 41.0 Å². The molecule has 0 aliphatic carbocycles. The van der Waals surface area contributed by atoms with Crippen molar-refractivity contribution in [3.8, 4) is 0 Å². The zero-order chi connectivity index (χ0) is 22.0. The Morgan fingerprint density at radius 3 is 1.93 bits per heavy atom. The summed E-state index contributed by atoms with van der Waals surface area (Å²) < 4.78 is 0. The highest BCUT2D eigenvalue weighted by molar-refractivity contribution is 6.43. The first-order valence-electron chi connectivity index (χ1n) is 9.09. The normalized spacial score (nSPS) is 16.0. The Morgan fingerprint density at radius 2 is 1.50 bits per heavy atom. The molecule has 0 heterocycles. The van der Waals surface area contributed by atoms with Gasteiger partial charge in [-0.15, -0.1) is 0 Å². The molecule has 11 nitrogen and oxygen atoms in total. The fourth-order valence-corrected chi connectivity index (χ4v) is 2.23. The minimum atomic E-state index is -1.75. The Kier molecular flexibility index (Phi) is 11.4. The van der Waals surface area contributed by atoms with Gasteiger partial charge in [-0.3, -0.25) is 19.2 Å². The van der Waals surface area contributed by atoms with Crippen LogP contribution in [0.5, 0.6) is 0 Å². The molecule has 160 valence electrons. The van der Waals surface area contributed by atoms with E-state index in [-0.39, 0.29) is 5.92 Å². The first-order valence-corrected chi connectivity index (χ1v) is 9.09. The van der Waals surface area contributed by atoms with Crippen LogP contribution in [0.3, 0.4) is 0 Å². The number of aliphatic hydroxyl groups excluding tert-OH is 1. The van der Waals surface area contributed by atoms with Gasteiger partial charge in [0.2, 0.25) is 23.6 Å². The molecule has 0 saturated carbocycles. The van der Waals surface area contributed by atoms with Crippen molar-refractivity contribution in [2.75, 3.05) is 6.54 Å². The fourth-order valence-electron chi connectivity index (χ4n) is 2.23. The van der Waals surface area contributed by atoms with Gasteiger partial charge in [0.1, 0.15) is 12.1 Å². The Morgan fingerprint density at radius 1 is 0.929 bits per heavy atom. The Hall–Kier alpha value is -2.18. The lowest BCUT2D eigenvalue weighted by Gasteiger charge is -2.27. The summed E-state index contributed by atoms with van der Waals surface area (Å²) in [5.41, 5.74) is 0. The summed E-state index contributed by atoms with van der Waals surface area (Å²) >= 11 is 0. The largest absolute Gasteiger partial charge is 0.475 e. The molecule has 12 heteroatoms. The lowest BCUT2D eigenvalue weighted by Crippen LogP contribution is -2.59. The van der Waals surface area contributed by atoms with Gasteiger partial charge in [-0.25, -0.2) is 0 Å². The molecule has 0 saturated heterocycles. The lowest BCUT2D eigenvalue weighted by atomic mass is 9.81. The third-order valence-electron chi connectivity index (χ3n) is 4.18. The Labute approximate surface area is 164 Å². The highest BCUT2D eigenvalue weighted by atomic mass is 16.4. The van der Waals surface area contributed by atoms with Crippen LogP contribution < -0.4 is 21.3 Å². The van der Waals surface area contributed by atoms with E-state index in [9.17, 15) is 24.3 Å². The second-order valence-corrected chi connectivity index (χ2v) is 6.78. The lowest BCUT2D eigenvalue weighted by molar-refractivity contribution is -0.135. The van der Waals surface area contributed by atoms with Crippen molar-refractivity contribution >= 4 is 30.7 Å². The van der Waals surface area contributed by atoms with Crippen LogP contribution in [0.2, 0.25) is 0 Å². The highest BCUT2D eigenvalue weighted by Crippen LogP contribution is 2.09. The van der Waals surface area contributed by atoms with Gasteiger partial charge in [-0.05, 0) is 19.8 Å². The third kappa shape index (κ3) is 9.15. The van der Waals surface area contributed by atoms with Crippen LogP contribution >= 0.6 is 0 Å². The molecule has 0 bridgehead atoms. The van der Waals surface area contributed by atoms with E-state index in [0.717, 1.165) is 0 Å². The molecule has 7 N–H and O–H groups in total. The quantitative estimate of drug-likeness (QED) is 0.181. The maximum absolute atomic E-state index is 12.5. The van der Waals surface area contributed by atoms with E-state index in [4.69, 9.17) is 10.0 Å². The van der Waals surface area contributed by atoms with Gasteiger partial charge in [0.15, 0.2) is 0 Å². The molecule has 4 amide bonds. The molecule has 0 fully saturated rings. The number of hydrogen-bond acceptors (Lipinski definition) is 7. The van der Waals surface area contributed by atoms with Crippen molar-refractivity contribution in [2.45, 2.75) is 65.2 Å². The molecule has 0 rings (SSSR count). The first-order chi connectivity index (χ1) is 12.9. The van der Waals surface area contributed by atoms with Crippen molar-refractivity contribution in [3.63, 3.8) is 0 Å². The molecule has 28 heavy (non-hydrogen) atoms. The van der Waals surface area contributed by atoms with Crippen LogP contribution in [-0.2, 0) is 19.2 Å². The molecule has 0 aliphatic heterocycles. The van der Waals surface area contributed by atoms with E-state index in [1.165, 1.54) is 20.8 Å². The van der Waals surface area contributed by atoms with Gasteiger partial charge in [0.25, 0.3) is 0 Å². The summed E-state index contributed by atoms with van der Waals surface area (Å²) in [5.74, 6) is -3.67. The minimum absolute atomic E-state index is 0.209. The first kappa shape index (κ1) is 25.8. The number of hydrogen-bond donors (Lipinski definition) is 7. The molecule has 0 spiro atoms. The van der Waals surface area contributed by atoms with Crippen LogP contribution in [0, 0.1) is 5.92 Å². The van der Waals surface area contributed by atoms with Crippen LogP contribution in [0.4, 0.5) is 0 Å². The summed E-state index contributed by atoms with van der Waals surface area (Å²) in [4.78, 5) is 47.8. The molecule has 0 aromatic carbocycles. The molecule has 0 aliphatic rings. The summed E-state index contributed by atoms with van der Waals surface area (Å²) in [6, 6.07) is -2.23. The van der Waals surface area contributed by atoms with Gasteiger partial charge >= 0.3 is 7.12 Å². The summed E-state index contributed by atoms with van der Waals surface area (Å²) in [6.07, 6.45) is -0.668. The summed E-state index contributed by atoms with van der Waals surface area (Å²) in [7, 11) is -1.75. The zero-order valence-electron chi connectivity index (χ0n) is 16.9. The molecule has 0 aromatic heterocycles. The average molecular weight is 402 g/mol. The maximum atomic E-state index is 12.5. The topological polar surface area (TPSA) is 177 Å². The predicted molar refractivity (Wildman–Crippen MR) is 101 cm³/mol. The van der Waals surface area contributed by atoms with Crippen LogP contribution in [-0.4, -0.2) is 76.6 Å². The van der Waals surface area contributed by atoms with Gasteiger partial charge < -0.3 is 36.4 Å². The molecule has 0 aromatic rings. The van der Waals surface area contributed by atoms with Gasteiger partial charge in [0, 0.05) is 6.92 Å². The monoisotopic (exact) mass is 402 g/mol. The number of rotatable bonds is 11. The molecular weight excluding hydrogens is 371 g/mol. The predicted octanol–water partition coefficient (Wildman–Crippen LogP) is -2.96. The van der Waals surface area contributed by atoms with Gasteiger partial charge in [-0.1, -0.05) is 20.3 Å². The molecule has 0 unspecified atom stereocenters. The van der Waals surface area contributed by atoms with E-state index in [0.29, 0.717) is 6.42 Å². The highest BCUT2D eigenvalue weighted by Gasteiger charge is 2.31. The zero-order valence-corrected chi connectivity index (χ0v) is 16.9. The Bertz CT molecular complexity index is 559. The summed E-state index contributed by atoms with van der Waals surface area (Å²) in [5, 5.41) is 37.1. The minimum Gasteiger partial charge on any atom is -0.426 e. The summed E-state index contributed by atoms with van der Waals surface area (Å²) in [6.45, 7) is 7.04. The number of amides is 4. The standard InChI is InChI=1S/C16H31BN4O7/c1-6-8(2)13(20-11(5)23)16(26)21-14(9(3)22)15(25)18-7-12(24)19-10(4)17(27)28/h8-10,13-14,22,27-28H,6-7H2,1-5H3,(H,18,25)(H,19,24)(H,20,23)(H,21,26)/t8-,9+,10-,13-,14-/m0/s1. The molecule has 0 radical (unpaired) electrons. The second kappa shape index (κ2) is 12.3.